The van der Waals surface area contributed by atoms with Gasteiger partial charge in [0, 0.05) is 15.2 Å². The van der Waals surface area contributed by atoms with Gasteiger partial charge in [0.05, 0.1) is 11.3 Å². The molecule has 6 heteroatoms. The van der Waals surface area contributed by atoms with Gasteiger partial charge in [-0.15, -0.1) is 0 Å². The number of benzene rings is 2. The third-order valence-electron chi connectivity index (χ3n) is 2.43. The quantitative estimate of drug-likeness (QED) is 0.807. The van der Waals surface area contributed by atoms with Gasteiger partial charge in [-0.3, -0.25) is 4.79 Å². The summed E-state index contributed by atoms with van der Waals surface area (Å²) in [6, 6.07) is 8.86. The number of amides is 1. The van der Waals surface area contributed by atoms with Crippen molar-refractivity contribution in [1.82, 2.24) is 0 Å². The van der Waals surface area contributed by atoms with Crippen LogP contribution in [0.2, 0.25) is 5.02 Å². The Morgan fingerprint density at radius 3 is 2.68 bits per heavy atom. The van der Waals surface area contributed by atoms with Crippen LogP contribution in [0.25, 0.3) is 0 Å². The van der Waals surface area contributed by atoms with Crippen LogP contribution in [-0.2, 0) is 0 Å². The molecule has 0 aliphatic carbocycles. The number of carbonyl (C=O) groups excluding carboxylic acids is 1. The molecule has 0 heterocycles. The number of rotatable bonds is 2. The lowest BCUT2D eigenvalue weighted by atomic mass is 10.2. The van der Waals surface area contributed by atoms with E-state index in [0.29, 0.717) is 20.7 Å². The summed E-state index contributed by atoms with van der Waals surface area (Å²) in [5.41, 5.74) is 6.20. The highest BCUT2D eigenvalue weighted by Crippen LogP contribution is 2.23. The number of anilines is 2. The van der Waals surface area contributed by atoms with Gasteiger partial charge < -0.3 is 11.1 Å². The second-order valence-electron chi connectivity index (χ2n) is 3.81. The van der Waals surface area contributed by atoms with Crippen LogP contribution in [-0.4, -0.2) is 5.91 Å². The Labute approximate surface area is 122 Å². The van der Waals surface area contributed by atoms with Crippen molar-refractivity contribution < 1.29 is 9.18 Å². The minimum Gasteiger partial charge on any atom is -0.396 e. The van der Waals surface area contributed by atoms with E-state index in [2.05, 4.69) is 21.2 Å². The van der Waals surface area contributed by atoms with Gasteiger partial charge >= 0.3 is 0 Å². The minimum atomic E-state index is -0.526. The van der Waals surface area contributed by atoms with Gasteiger partial charge in [-0.05, 0) is 52.3 Å². The fraction of sp³-hybridized carbons (Fsp3) is 0. The van der Waals surface area contributed by atoms with Gasteiger partial charge in [-0.25, -0.2) is 4.39 Å². The molecule has 0 fully saturated rings. The van der Waals surface area contributed by atoms with Crippen molar-refractivity contribution in [3.63, 3.8) is 0 Å². The van der Waals surface area contributed by atoms with E-state index in [1.165, 1.54) is 24.3 Å². The maximum Gasteiger partial charge on any atom is 0.256 e. The van der Waals surface area contributed by atoms with Crippen LogP contribution >= 0.6 is 27.5 Å². The van der Waals surface area contributed by atoms with E-state index in [-0.39, 0.29) is 11.6 Å². The lowest BCUT2D eigenvalue weighted by molar-refractivity contribution is 0.102. The number of nitrogens with two attached hydrogens (primary N) is 1. The van der Waals surface area contributed by atoms with Crippen LogP contribution in [0.15, 0.2) is 40.9 Å². The summed E-state index contributed by atoms with van der Waals surface area (Å²) in [6.45, 7) is 0. The SMILES string of the molecule is Nc1cc(NC(=O)c2cc(Cl)ccc2Br)ccc1F. The number of nitrogens with one attached hydrogen (secondary N) is 1. The van der Waals surface area contributed by atoms with Crippen molar-refractivity contribution >= 4 is 44.8 Å². The molecular formula is C13H9BrClFN2O. The molecule has 0 radical (unpaired) electrons. The number of nitrogen functional groups attached to an aromatic ring is 1. The first-order chi connectivity index (χ1) is 8.97. The predicted octanol–water partition coefficient (Wildman–Crippen LogP) is 4.08. The van der Waals surface area contributed by atoms with Crippen LogP contribution in [0, 0.1) is 5.82 Å². The van der Waals surface area contributed by atoms with Crippen molar-refractivity contribution in [3.8, 4) is 0 Å². The maximum atomic E-state index is 13.0. The normalized spacial score (nSPS) is 10.3. The average Bonchev–Trinajstić information content (AvgIpc) is 2.36. The molecule has 2 aromatic carbocycles. The second kappa shape index (κ2) is 5.59. The molecule has 0 saturated heterocycles. The summed E-state index contributed by atoms with van der Waals surface area (Å²) in [4.78, 5) is 12.0. The number of hydrogen-bond acceptors (Lipinski definition) is 2. The van der Waals surface area contributed by atoms with Crippen LogP contribution < -0.4 is 11.1 Å². The smallest absolute Gasteiger partial charge is 0.256 e. The Bertz CT molecular complexity index is 649. The number of halogens is 3. The van der Waals surface area contributed by atoms with Gasteiger partial charge in [-0.1, -0.05) is 11.6 Å². The standard InChI is InChI=1S/C13H9BrClFN2O/c14-10-3-1-7(15)5-9(10)13(19)18-8-2-4-11(16)12(17)6-8/h1-6H,17H2,(H,18,19). The van der Waals surface area contributed by atoms with Gasteiger partial charge in [0.1, 0.15) is 5.82 Å². The van der Waals surface area contributed by atoms with Crippen LogP contribution in [0.4, 0.5) is 15.8 Å². The molecule has 2 rings (SSSR count). The maximum absolute atomic E-state index is 13.0. The molecule has 3 N–H and O–H groups in total. The molecule has 2 aromatic rings. The molecule has 0 saturated carbocycles. The van der Waals surface area contributed by atoms with Crippen LogP contribution in [0.1, 0.15) is 10.4 Å². The Balaban J connectivity index is 2.25. The second-order valence-corrected chi connectivity index (χ2v) is 5.11. The third-order valence-corrected chi connectivity index (χ3v) is 3.35. The van der Waals surface area contributed by atoms with E-state index in [0.717, 1.165) is 0 Å². The largest absolute Gasteiger partial charge is 0.396 e. The van der Waals surface area contributed by atoms with Gasteiger partial charge in [0.2, 0.25) is 0 Å². The fourth-order valence-electron chi connectivity index (χ4n) is 1.49. The molecule has 0 bridgehead atoms. The zero-order valence-corrected chi connectivity index (χ0v) is 11.9. The molecule has 1 amide bonds. The Morgan fingerprint density at radius 2 is 2.00 bits per heavy atom. The molecule has 98 valence electrons. The first-order valence-corrected chi connectivity index (χ1v) is 6.46. The summed E-state index contributed by atoms with van der Waals surface area (Å²) in [5, 5.41) is 3.07. The minimum absolute atomic E-state index is 0.0250. The van der Waals surface area contributed by atoms with E-state index in [1.54, 1.807) is 12.1 Å². The van der Waals surface area contributed by atoms with E-state index < -0.39 is 5.82 Å². The lowest BCUT2D eigenvalue weighted by Gasteiger charge is -2.08. The number of carbonyl (C=O) groups is 1. The highest BCUT2D eigenvalue weighted by Gasteiger charge is 2.11. The highest BCUT2D eigenvalue weighted by atomic mass is 79.9. The van der Waals surface area contributed by atoms with Crippen LogP contribution in [0.5, 0.6) is 0 Å². The van der Waals surface area contributed by atoms with E-state index in [4.69, 9.17) is 17.3 Å². The molecular weight excluding hydrogens is 335 g/mol. The number of hydrogen-bond donors (Lipinski definition) is 2. The first kappa shape index (κ1) is 13.8. The summed E-state index contributed by atoms with van der Waals surface area (Å²) in [5.74, 6) is -0.887. The van der Waals surface area contributed by atoms with Crippen molar-refractivity contribution in [2.24, 2.45) is 0 Å². The predicted molar refractivity (Wildman–Crippen MR) is 77.9 cm³/mol. The molecule has 19 heavy (non-hydrogen) atoms. The zero-order valence-electron chi connectivity index (χ0n) is 9.58. The topological polar surface area (TPSA) is 55.1 Å². The molecule has 3 nitrogen and oxygen atoms in total. The molecule has 0 unspecified atom stereocenters. The third kappa shape index (κ3) is 3.24. The van der Waals surface area contributed by atoms with E-state index >= 15 is 0 Å². The van der Waals surface area contributed by atoms with Crippen LogP contribution in [0.3, 0.4) is 0 Å². The van der Waals surface area contributed by atoms with Crippen molar-refractivity contribution in [2.75, 3.05) is 11.1 Å². The summed E-state index contributed by atoms with van der Waals surface area (Å²) in [7, 11) is 0. The van der Waals surface area contributed by atoms with Gasteiger partial charge in [0.15, 0.2) is 0 Å². The molecule has 0 aromatic heterocycles. The Kier molecular flexibility index (Phi) is 4.07. The molecule has 0 aliphatic heterocycles. The van der Waals surface area contributed by atoms with Crippen molar-refractivity contribution in [3.05, 3.63) is 57.3 Å². The summed E-state index contributed by atoms with van der Waals surface area (Å²) in [6.07, 6.45) is 0. The Hall–Kier alpha value is -1.59. The van der Waals surface area contributed by atoms with Crippen molar-refractivity contribution in [2.45, 2.75) is 0 Å². The first-order valence-electron chi connectivity index (χ1n) is 5.29. The molecule has 0 atom stereocenters. The average molecular weight is 344 g/mol. The lowest BCUT2D eigenvalue weighted by Crippen LogP contribution is -2.13. The van der Waals surface area contributed by atoms with E-state index in [1.807, 2.05) is 0 Å². The molecule has 0 aliphatic rings. The van der Waals surface area contributed by atoms with E-state index in [9.17, 15) is 9.18 Å². The van der Waals surface area contributed by atoms with Gasteiger partial charge in [0.25, 0.3) is 5.91 Å². The summed E-state index contributed by atoms with van der Waals surface area (Å²) < 4.78 is 13.6. The fourth-order valence-corrected chi connectivity index (χ4v) is 2.09. The highest BCUT2D eigenvalue weighted by molar-refractivity contribution is 9.10. The van der Waals surface area contributed by atoms with Gasteiger partial charge in [-0.2, -0.15) is 0 Å². The Morgan fingerprint density at radius 1 is 1.26 bits per heavy atom. The van der Waals surface area contributed by atoms with Crippen molar-refractivity contribution in [1.29, 1.82) is 0 Å². The summed E-state index contributed by atoms with van der Waals surface area (Å²) >= 11 is 9.11. The zero-order chi connectivity index (χ0) is 14.0. The molecule has 0 spiro atoms. The monoisotopic (exact) mass is 342 g/mol.